The van der Waals surface area contributed by atoms with Gasteiger partial charge in [0, 0.05) is 56.0 Å². The topological polar surface area (TPSA) is 191 Å². The van der Waals surface area contributed by atoms with E-state index in [0.29, 0.717) is 60.3 Å². The minimum absolute atomic E-state index is 0.0917. The van der Waals surface area contributed by atoms with Crippen LogP contribution in [0.15, 0.2) is 27.8 Å². The van der Waals surface area contributed by atoms with Crippen molar-refractivity contribution in [2.75, 3.05) is 26.2 Å². The molecule has 0 unspecified atom stereocenters. The number of aromatic nitrogens is 4. The van der Waals surface area contributed by atoms with Gasteiger partial charge in [0.25, 0.3) is 11.5 Å². The second-order valence-corrected chi connectivity index (χ2v) is 11.9. The number of imidazole rings is 1. The Morgan fingerprint density at radius 1 is 0.978 bits per heavy atom. The lowest BCUT2D eigenvalue weighted by atomic mass is 9.98. The molecule has 248 valence electrons. The van der Waals surface area contributed by atoms with Crippen molar-refractivity contribution in [1.82, 2.24) is 40.4 Å². The van der Waals surface area contributed by atoms with E-state index >= 15 is 0 Å². The Hall–Kier alpha value is -4.75. The van der Waals surface area contributed by atoms with Crippen molar-refractivity contribution >= 4 is 34.7 Å². The summed E-state index contributed by atoms with van der Waals surface area (Å²) in [4.78, 5) is 89.1. The SMILES string of the molecule is CC[C@H](C)[C@@H]1NC(=O)CCCN(C(=O)Cc2c(C)nc(C)[nH]c2=O)CCCNC(=O)c2ccc3[nH]c(=O)n(c3c2)CCCNC1=O. The number of hydrogen-bond acceptors (Lipinski definition) is 7. The summed E-state index contributed by atoms with van der Waals surface area (Å²) >= 11 is 0. The van der Waals surface area contributed by atoms with Crippen LogP contribution >= 0.6 is 0 Å². The van der Waals surface area contributed by atoms with Gasteiger partial charge in [-0.05, 0) is 57.2 Å². The molecule has 1 aromatic carbocycles. The summed E-state index contributed by atoms with van der Waals surface area (Å²) in [6.07, 6.45) is 1.85. The Labute approximate surface area is 266 Å². The molecule has 4 rings (SSSR count). The van der Waals surface area contributed by atoms with Crippen molar-refractivity contribution < 1.29 is 19.2 Å². The number of carbonyl (C=O) groups excluding carboxylic acids is 4. The molecule has 0 aliphatic carbocycles. The van der Waals surface area contributed by atoms with Crippen LogP contribution in [0.3, 0.4) is 0 Å². The second kappa shape index (κ2) is 15.5. The number of carbonyl (C=O) groups is 4. The quantitative estimate of drug-likeness (QED) is 0.283. The molecule has 46 heavy (non-hydrogen) atoms. The van der Waals surface area contributed by atoms with E-state index in [2.05, 4.69) is 30.9 Å². The van der Waals surface area contributed by atoms with E-state index in [9.17, 15) is 28.8 Å². The molecule has 1 aliphatic heterocycles. The second-order valence-electron chi connectivity index (χ2n) is 11.9. The standard InChI is InChI=1S/C32H44N8O6/c1-5-19(2)28-31(45)34-13-8-16-40-25-17-22(10-11-24(25)37-32(40)46)29(43)33-12-7-15-39(14-6-9-26(41)38-28)27(42)18-23-20(3)35-21(4)36-30(23)44/h10-11,17,19,28H,5-9,12-16,18H2,1-4H3,(H,33,43)(H,34,45)(H,37,46)(H,38,41)(H,35,36,44)/t19-,28-/m0/s1. The van der Waals surface area contributed by atoms with E-state index in [4.69, 9.17) is 0 Å². The van der Waals surface area contributed by atoms with Gasteiger partial charge in [0.1, 0.15) is 11.9 Å². The summed E-state index contributed by atoms with van der Waals surface area (Å²) in [6, 6.07) is 4.24. The number of amides is 4. The van der Waals surface area contributed by atoms with Gasteiger partial charge < -0.3 is 30.8 Å². The third-order valence-electron chi connectivity index (χ3n) is 8.45. The summed E-state index contributed by atoms with van der Waals surface area (Å²) in [6.45, 7) is 8.61. The summed E-state index contributed by atoms with van der Waals surface area (Å²) in [5.74, 6) is -0.879. The Balaban J connectivity index is 1.56. The Kier molecular flexibility index (Phi) is 11.5. The molecule has 0 spiro atoms. The van der Waals surface area contributed by atoms with Gasteiger partial charge in [0.15, 0.2) is 0 Å². The van der Waals surface area contributed by atoms with Gasteiger partial charge in [-0.2, -0.15) is 0 Å². The molecule has 2 atom stereocenters. The molecule has 1 aliphatic rings. The molecule has 2 aromatic heterocycles. The number of hydrogen-bond donors (Lipinski definition) is 5. The maximum Gasteiger partial charge on any atom is 0.326 e. The van der Waals surface area contributed by atoms with Crippen molar-refractivity contribution in [3.63, 3.8) is 0 Å². The molecule has 3 aromatic rings. The normalized spacial score (nSPS) is 18.4. The van der Waals surface area contributed by atoms with Crippen molar-refractivity contribution in [1.29, 1.82) is 0 Å². The monoisotopic (exact) mass is 636 g/mol. The Morgan fingerprint density at radius 3 is 2.43 bits per heavy atom. The summed E-state index contributed by atoms with van der Waals surface area (Å²) in [5, 5.41) is 8.63. The molecule has 0 saturated carbocycles. The molecule has 0 saturated heterocycles. The predicted molar refractivity (Wildman–Crippen MR) is 172 cm³/mol. The molecule has 14 nitrogen and oxygen atoms in total. The van der Waals surface area contributed by atoms with Crippen LogP contribution < -0.4 is 27.2 Å². The number of H-pyrrole nitrogens is 2. The van der Waals surface area contributed by atoms with Crippen molar-refractivity contribution in [2.24, 2.45) is 5.92 Å². The van der Waals surface area contributed by atoms with E-state index in [-0.39, 0.29) is 85.4 Å². The number of aromatic amines is 2. The van der Waals surface area contributed by atoms with Crippen LogP contribution in [0.1, 0.15) is 73.4 Å². The van der Waals surface area contributed by atoms with Crippen molar-refractivity contribution in [3.05, 3.63) is 61.7 Å². The van der Waals surface area contributed by atoms with Crippen molar-refractivity contribution in [3.8, 4) is 0 Å². The van der Waals surface area contributed by atoms with Crippen LogP contribution in [-0.4, -0.2) is 80.3 Å². The number of aryl methyl sites for hydroxylation is 3. The minimum Gasteiger partial charge on any atom is -0.354 e. The highest BCUT2D eigenvalue weighted by Gasteiger charge is 2.26. The first-order valence-electron chi connectivity index (χ1n) is 15.9. The first-order chi connectivity index (χ1) is 22.0. The molecule has 5 N–H and O–H groups in total. The lowest BCUT2D eigenvalue weighted by Gasteiger charge is -2.25. The van der Waals surface area contributed by atoms with Crippen LogP contribution in [-0.2, 0) is 27.3 Å². The molecule has 4 amide bonds. The highest BCUT2D eigenvalue weighted by molar-refractivity contribution is 5.97. The van der Waals surface area contributed by atoms with Crippen LogP contribution in [0.5, 0.6) is 0 Å². The molecule has 0 fully saturated rings. The van der Waals surface area contributed by atoms with E-state index in [1.807, 2.05) is 13.8 Å². The zero-order valence-electron chi connectivity index (χ0n) is 27.0. The zero-order chi connectivity index (χ0) is 33.4. The average Bonchev–Trinajstić information content (AvgIpc) is 3.33. The van der Waals surface area contributed by atoms with E-state index < -0.39 is 6.04 Å². The smallest absolute Gasteiger partial charge is 0.326 e. The summed E-state index contributed by atoms with van der Waals surface area (Å²) < 4.78 is 1.54. The summed E-state index contributed by atoms with van der Waals surface area (Å²) in [7, 11) is 0. The van der Waals surface area contributed by atoms with Crippen LogP contribution in [0.2, 0.25) is 0 Å². The first kappa shape index (κ1) is 34.1. The van der Waals surface area contributed by atoms with Gasteiger partial charge in [-0.1, -0.05) is 20.3 Å². The maximum absolute atomic E-state index is 13.4. The predicted octanol–water partition coefficient (Wildman–Crippen LogP) is 1.05. The maximum atomic E-state index is 13.4. The molecule has 14 heteroatoms. The minimum atomic E-state index is -0.733. The Bertz CT molecular complexity index is 1710. The van der Waals surface area contributed by atoms with Gasteiger partial charge in [-0.25, -0.2) is 9.78 Å². The zero-order valence-corrected chi connectivity index (χ0v) is 27.0. The van der Waals surface area contributed by atoms with E-state index in [1.54, 1.807) is 36.9 Å². The molecule has 2 bridgehead atoms. The fourth-order valence-electron chi connectivity index (χ4n) is 5.61. The van der Waals surface area contributed by atoms with Gasteiger partial charge in [-0.3, -0.25) is 28.5 Å². The molecule has 3 heterocycles. The number of rotatable bonds is 4. The number of fused-ring (bicyclic) bond motifs is 1. The lowest BCUT2D eigenvalue weighted by molar-refractivity contribution is -0.131. The third kappa shape index (κ3) is 8.49. The van der Waals surface area contributed by atoms with Crippen LogP contribution in [0.4, 0.5) is 0 Å². The molecular formula is C32H44N8O6. The fourth-order valence-corrected chi connectivity index (χ4v) is 5.61. The number of benzene rings is 1. The Morgan fingerprint density at radius 2 is 1.70 bits per heavy atom. The summed E-state index contributed by atoms with van der Waals surface area (Å²) in [5.41, 5.74) is 1.63. The average molecular weight is 637 g/mol. The molecule has 0 radical (unpaired) electrons. The first-order valence-corrected chi connectivity index (χ1v) is 15.9. The number of nitrogens with zero attached hydrogens (tertiary/aromatic N) is 3. The third-order valence-corrected chi connectivity index (χ3v) is 8.45. The largest absolute Gasteiger partial charge is 0.354 e. The lowest BCUT2D eigenvalue weighted by Crippen LogP contribution is -2.50. The highest BCUT2D eigenvalue weighted by atomic mass is 16.2. The van der Waals surface area contributed by atoms with Gasteiger partial charge in [0.2, 0.25) is 17.7 Å². The molecular weight excluding hydrogens is 592 g/mol. The highest BCUT2D eigenvalue weighted by Crippen LogP contribution is 2.14. The van der Waals surface area contributed by atoms with E-state index in [0.717, 1.165) is 0 Å². The van der Waals surface area contributed by atoms with Crippen LogP contribution in [0, 0.1) is 19.8 Å². The fraction of sp³-hybridized carbons (Fsp3) is 0.531. The van der Waals surface area contributed by atoms with Gasteiger partial charge >= 0.3 is 5.69 Å². The van der Waals surface area contributed by atoms with Gasteiger partial charge in [-0.15, -0.1) is 0 Å². The number of nitrogens with one attached hydrogen (secondary N) is 5. The van der Waals surface area contributed by atoms with E-state index in [1.165, 1.54) is 4.57 Å². The van der Waals surface area contributed by atoms with Crippen LogP contribution in [0.25, 0.3) is 11.0 Å². The van der Waals surface area contributed by atoms with Crippen molar-refractivity contribution in [2.45, 2.75) is 78.8 Å². The van der Waals surface area contributed by atoms with Gasteiger partial charge in [0.05, 0.1) is 17.5 Å².